The molecule has 1 rings (SSSR count). The molecule has 0 bridgehead atoms. The van der Waals surface area contributed by atoms with Crippen molar-refractivity contribution in [3.05, 3.63) is 29.0 Å². The monoisotopic (exact) mass is 237 g/mol. The Kier molecular flexibility index (Phi) is 4.74. The molecule has 5 heteroatoms. The van der Waals surface area contributed by atoms with Crippen molar-refractivity contribution >= 4 is 17.5 Å². The molecule has 0 saturated heterocycles. The van der Waals surface area contributed by atoms with Crippen molar-refractivity contribution < 1.29 is 4.79 Å². The van der Waals surface area contributed by atoms with E-state index in [0.29, 0.717) is 17.0 Å². The zero-order chi connectivity index (χ0) is 12.0. The third-order valence-electron chi connectivity index (χ3n) is 2.05. The molecule has 0 aliphatic carbocycles. The maximum absolute atomic E-state index is 11.7. The van der Waals surface area contributed by atoms with Gasteiger partial charge in [0.15, 0.2) is 0 Å². The van der Waals surface area contributed by atoms with Gasteiger partial charge < -0.3 is 5.32 Å². The number of aromatic nitrogens is 1. The molecule has 1 aromatic heterocycles. The normalized spacial score (nSPS) is 11.6. The number of hydrogen-bond acceptors (Lipinski definition) is 3. The lowest BCUT2D eigenvalue weighted by Crippen LogP contribution is -2.33. The van der Waals surface area contributed by atoms with Gasteiger partial charge in [0, 0.05) is 12.4 Å². The van der Waals surface area contributed by atoms with Gasteiger partial charge in [-0.05, 0) is 12.5 Å². The zero-order valence-electron chi connectivity index (χ0n) is 8.90. The Morgan fingerprint density at radius 3 is 3.06 bits per heavy atom. The third kappa shape index (κ3) is 3.21. The van der Waals surface area contributed by atoms with E-state index in [9.17, 15) is 4.79 Å². The van der Waals surface area contributed by atoms with Gasteiger partial charge in [0.05, 0.1) is 16.7 Å². The smallest absolute Gasteiger partial charge is 0.255 e. The topological polar surface area (TPSA) is 65.8 Å². The van der Waals surface area contributed by atoms with Crippen LogP contribution in [0.1, 0.15) is 30.1 Å². The highest BCUT2D eigenvalue weighted by Crippen LogP contribution is 2.13. The molecular weight excluding hydrogens is 226 g/mol. The minimum absolute atomic E-state index is 0.292. The molecule has 0 aliphatic rings. The lowest BCUT2D eigenvalue weighted by atomic mass is 10.1. The van der Waals surface area contributed by atoms with Crippen molar-refractivity contribution in [1.29, 1.82) is 5.26 Å². The molecule has 0 aliphatic heterocycles. The molecule has 0 radical (unpaired) electrons. The number of carbonyl (C=O) groups is 1. The van der Waals surface area contributed by atoms with Gasteiger partial charge in [-0.15, -0.1) is 0 Å². The quantitative estimate of drug-likeness (QED) is 0.873. The predicted octanol–water partition coefficient (Wildman–Crippen LogP) is 2.16. The van der Waals surface area contributed by atoms with Crippen LogP contribution in [0.2, 0.25) is 5.02 Å². The van der Waals surface area contributed by atoms with Crippen LogP contribution in [0.15, 0.2) is 18.5 Å². The summed E-state index contributed by atoms with van der Waals surface area (Å²) in [6.07, 6.45) is 4.35. The molecule has 1 heterocycles. The van der Waals surface area contributed by atoms with Crippen LogP contribution in [0.4, 0.5) is 0 Å². The van der Waals surface area contributed by atoms with Crippen LogP contribution in [0, 0.1) is 11.3 Å². The average molecular weight is 238 g/mol. The number of rotatable bonds is 4. The molecule has 1 amide bonds. The fourth-order valence-corrected chi connectivity index (χ4v) is 1.43. The van der Waals surface area contributed by atoms with Crippen LogP contribution in [0.3, 0.4) is 0 Å². The summed E-state index contributed by atoms with van der Waals surface area (Å²) in [6.45, 7) is 1.95. The summed E-state index contributed by atoms with van der Waals surface area (Å²) in [5, 5.41) is 11.7. The SMILES string of the molecule is CCCC(C#N)NC(=O)c1cnccc1Cl. The van der Waals surface area contributed by atoms with Crippen molar-refractivity contribution in [3.63, 3.8) is 0 Å². The van der Waals surface area contributed by atoms with E-state index in [1.165, 1.54) is 18.5 Å². The summed E-state index contributed by atoms with van der Waals surface area (Å²) in [4.78, 5) is 15.5. The van der Waals surface area contributed by atoms with Gasteiger partial charge in [0.25, 0.3) is 5.91 Å². The highest BCUT2D eigenvalue weighted by atomic mass is 35.5. The van der Waals surface area contributed by atoms with Crippen LogP contribution in [0.5, 0.6) is 0 Å². The van der Waals surface area contributed by atoms with E-state index < -0.39 is 6.04 Å². The summed E-state index contributed by atoms with van der Waals surface area (Å²) < 4.78 is 0. The van der Waals surface area contributed by atoms with Crippen molar-refractivity contribution in [2.24, 2.45) is 0 Å². The Bertz CT molecular complexity index is 414. The van der Waals surface area contributed by atoms with E-state index in [2.05, 4.69) is 10.3 Å². The molecule has 1 N–H and O–H groups in total. The molecule has 1 aromatic rings. The van der Waals surface area contributed by atoms with Crippen LogP contribution in [0.25, 0.3) is 0 Å². The molecular formula is C11H12ClN3O. The third-order valence-corrected chi connectivity index (χ3v) is 2.38. The highest BCUT2D eigenvalue weighted by Gasteiger charge is 2.14. The first-order chi connectivity index (χ1) is 7.69. The first-order valence-corrected chi connectivity index (χ1v) is 5.36. The van der Waals surface area contributed by atoms with Gasteiger partial charge in [-0.2, -0.15) is 5.26 Å². The van der Waals surface area contributed by atoms with Gasteiger partial charge in [0.1, 0.15) is 6.04 Å². The van der Waals surface area contributed by atoms with Crippen molar-refractivity contribution in [2.45, 2.75) is 25.8 Å². The lowest BCUT2D eigenvalue weighted by Gasteiger charge is -2.10. The maximum atomic E-state index is 11.7. The Labute approximate surface area is 99.2 Å². The zero-order valence-corrected chi connectivity index (χ0v) is 9.66. The second-order valence-corrected chi connectivity index (χ2v) is 3.71. The molecule has 0 fully saturated rings. The summed E-state index contributed by atoms with van der Waals surface area (Å²) in [5.41, 5.74) is 0.292. The number of amides is 1. The molecule has 1 atom stereocenters. The van der Waals surface area contributed by atoms with Gasteiger partial charge in [-0.3, -0.25) is 9.78 Å². The molecule has 0 saturated carbocycles. The molecule has 84 valence electrons. The standard InChI is InChI=1S/C11H12ClN3O/c1-2-3-8(6-13)15-11(16)9-7-14-5-4-10(9)12/h4-5,7-8H,2-3H2,1H3,(H,15,16). The first kappa shape index (κ1) is 12.5. The van der Waals surface area contributed by atoms with Gasteiger partial charge in [0.2, 0.25) is 0 Å². The van der Waals surface area contributed by atoms with Crippen LogP contribution in [-0.4, -0.2) is 16.9 Å². The van der Waals surface area contributed by atoms with Crippen molar-refractivity contribution in [3.8, 4) is 6.07 Å². The van der Waals surface area contributed by atoms with Crippen LogP contribution < -0.4 is 5.32 Å². The second-order valence-electron chi connectivity index (χ2n) is 3.30. The van der Waals surface area contributed by atoms with Crippen LogP contribution >= 0.6 is 11.6 Å². The van der Waals surface area contributed by atoms with E-state index in [0.717, 1.165) is 6.42 Å². The van der Waals surface area contributed by atoms with Gasteiger partial charge in [-0.1, -0.05) is 24.9 Å². The van der Waals surface area contributed by atoms with Gasteiger partial charge in [-0.25, -0.2) is 0 Å². The minimum atomic E-state index is -0.478. The number of pyridine rings is 1. The fraction of sp³-hybridized carbons (Fsp3) is 0.364. The molecule has 1 unspecified atom stereocenters. The second kappa shape index (κ2) is 6.09. The molecule has 0 spiro atoms. The van der Waals surface area contributed by atoms with E-state index in [-0.39, 0.29) is 5.91 Å². The molecule has 0 aromatic carbocycles. The number of hydrogen-bond donors (Lipinski definition) is 1. The fourth-order valence-electron chi connectivity index (χ4n) is 1.24. The largest absolute Gasteiger partial charge is 0.336 e. The van der Waals surface area contributed by atoms with Crippen molar-refractivity contribution in [1.82, 2.24) is 10.3 Å². The van der Waals surface area contributed by atoms with Gasteiger partial charge >= 0.3 is 0 Å². The Morgan fingerprint density at radius 2 is 2.50 bits per heavy atom. The number of halogens is 1. The minimum Gasteiger partial charge on any atom is -0.336 e. The Morgan fingerprint density at radius 1 is 1.75 bits per heavy atom. The number of nitrogens with zero attached hydrogens (tertiary/aromatic N) is 2. The Hall–Kier alpha value is -1.60. The first-order valence-electron chi connectivity index (χ1n) is 4.99. The Balaban J connectivity index is 2.73. The number of carbonyl (C=O) groups excluding carboxylic acids is 1. The summed E-state index contributed by atoms with van der Waals surface area (Å²) in [7, 11) is 0. The van der Waals surface area contributed by atoms with Crippen LogP contribution in [-0.2, 0) is 0 Å². The summed E-state index contributed by atoms with van der Waals surface area (Å²) >= 11 is 5.84. The highest BCUT2D eigenvalue weighted by molar-refractivity contribution is 6.33. The van der Waals surface area contributed by atoms with E-state index in [1.54, 1.807) is 0 Å². The lowest BCUT2D eigenvalue weighted by molar-refractivity contribution is 0.0943. The predicted molar refractivity (Wildman–Crippen MR) is 61.0 cm³/mol. The van der Waals surface area contributed by atoms with Crippen molar-refractivity contribution in [2.75, 3.05) is 0 Å². The van der Waals surface area contributed by atoms with E-state index >= 15 is 0 Å². The average Bonchev–Trinajstić information content (AvgIpc) is 2.28. The summed E-state index contributed by atoms with van der Waals surface area (Å²) in [5.74, 6) is -0.363. The number of nitrogens with one attached hydrogen (secondary N) is 1. The molecule has 4 nitrogen and oxygen atoms in total. The summed E-state index contributed by atoms with van der Waals surface area (Å²) in [6, 6.07) is 3.09. The number of nitriles is 1. The maximum Gasteiger partial charge on any atom is 0.255 e. The van der Waals surface area contributed by atoms with E-state index in [1.807, 2.05) is 13.0 Å². The van der Waals surface area contributed by atoms with E-state index in [4.69, 9.17) is 16.9 Å². The molecule has 16 heavy (non-hydrogen) atoms.